The Morgan fingerprint density at radius 2 is 2.00 bits per heavy atom. The molecule has 4 heterocycles. The summed E-state index contributed by atoms with van der Waals surface area (Å²) in [5.74, 6) is 2.63. The molecule has 2 atom stereocenters. The summed E-state index contributed by atoms with van der Waals surface area (Å²) in [5.41, 5.74) is 1.85. The third-order valence-electron chi connectivity index (χ3n) is 5.50. The fraction of sp³-hybridized carbons (Fsp3) is 0.524. The average molecular weight is 401 g/mol. The summed E-state index contributed by atoms with van der Waals surface area (Å²) in [6.45, 7) is 4.44. The van der Waals surface area contributed by atoms with Gasteiger partial charge in [0.25, 0.3) is 0 Å². The number of nitrogens with one attached hydrogen (secondary N) is 1. The number of ether oxygens (including phenoxy) is 3. The summed E-state index contributed by atoms with van der Waals surface area (Å²) < 4.78 is 22.3. The Balaban J connectivity index is 1.54. The minimum Gasteiger partial charge on any atom is -0.493 e. The Bertz CT molecular complexity index is 881. The van der Waals surface area contributed by atoms with Crippen molar-refractivity contribution in [3.05, 3.63) is 35.2 Å². The predicted molar refractivity (Wildman–Crippen MR) is 105 cm³/mol. The smallest absolute Gasteiger partial charge is 0.224 e. The Morgan fingerprint density at radius 3 is 2.69 bits per heavy atom. The maximum absolute atomic E-state index is 12.1. The van der Waals surface area contributed by atoms with E-state index in [1.165, 1.54) is 0 Å². The van der Waals surface area contributed by atoms with Gasteiger partial charge < -0.3 is 24.1 Å². The predicted octanol–water partition coefficient (Wildman–Crippen LogP) is 2.29. The highest BCUT2D eigenvalue weighted by Crippen LogP contribution is 2.39. The number of aryl methyl sites for hydroxylation is 1. The number of nitrogens with zero attached hydrogens (tertiary/aromatic N) is 2. The van der Waals surface area contributed by atoms with Crippen molar-refractivity contribution < 1.29 is 23.5 Å². The van der Waals surface area contributed by atoms with Crippen LogP contribution in [0.15, 0.2) is 22.7 Å². The van der Waals surface area contributed by atoms with Crippen LogP contribution in [-0.2, 0) is 17.9 Å². The molecule has 156 valence electrons. The molecule has 3 saturated heterocycles. The van der Waals surface area contributed by atoms with Crippen molar-refractivity contribution in [1.82, 2.24) is 15.4 Å². The number of amides is 1. The highest BCUT2D eigenvalue weighted by Gasteiger charge is 2.34. The maximum atomic E-state index is 12.1. The van der Waals surface area contributed by atoms with E-state index in [2.05, 4.69) is 15.4 Å². The van der Waals surface area contributed by atoms with Crippen LogP contribution in [0, 0.1) is 12.8 Å². The topological polar surface area (TPSA) is 86.1 Å². The lowest BCUT2D eigenvalue weighted by atomic mass is 9.96. The average Bonchev–Trinajstić information content (AvgIpc) is 2.94. The minimum atomic E-state index is 0.0688. The van der Waals surface area contributed by atoms with Crippen LogP contribution in [0.5, 0.6) is 17.2 Å². The molecule has 0 unspecified atom stereocenters. The van der Waals surface area contributed by atoms with Gasteiger partial charge in [0, 0.05) is 31.7 Å². The van der Waals surface area contributed by atoms with Gasteiger partial charge in [0.2, 0.25) is 11.7 Å². The van der Waals surface area contributed by atoms with E-state index in [4.69, 9.17) is 18.7 Å². The lowest BCUT2D eigenvalue weighted by molar-refractivity contribution is -0.126. The molecule has 1 N–H and O–H groups in total. The number of methoxy groups -OCH3 is 2. The van der Waals surface area contributed by atoms with Crippen molar-refractivity contribution in [2.45, 2.75) is 39.0 Å². The first-order valence-corrected chi connectivity index (χ1v) is 9.88. The highest BCUT2D eigenvalue weighted by atomic mass is 16.5. The number of fused-ring (bicyclic) bond motifs is 4. The van der Waals surface area contributed by atoms with Crippen LogP contribution in [0.1, 0.15) is 29.9 Å². The first-order valence-electron chi connectivity index (χ1n) is 9.88. The molecule has 0 radical (unpaired) electrons. The summed E-state index contributed by atoms with van der Waals surface area (Å²) in [7, 11) is 3.20. The van der Waals surface area contributed by atoms with E-state index >= 15 is 0 Å². The van der Waals surface area contributed by atoms with Crippen LogP contribution in [0.2, 0.25) is 0 Å². The van der Waals surface area contributed by atoms with E-state index in [0.29, 0.717) is 29.6 Å². The first kappa shape index (κ1) is 19.6. The van der Waals surface area contributed by atoms with Crippen LogP contribution in [0.3, 0.4) is 0 Å². The molecule has 5 rings (SSSR count). The molecule has 1 aromatic heterocycles. The largest absolute Gasteiger partial charge is 0.493 e. The number of benzene rings is 1. The molecule has 2 aromatic rings. The van der Waals surface area contributed by atoms with Gasteiger partial charge in [0.05, 0.1) is 25.8 Å². The van der Waals surface area contributed by atoms with Gasteiger partial charge in [-0.25, -0.2) is 0 Å². The molecule has 2 bridgehead atoms. The lowest BCUT2D eigenvalue weighted by Crippen LogP contribution is -2.43. The standard InChI is InChI=1S/C21H27N3O5/c1-13-6-17(29-23-13)12-28-19-8-14(7-18(26-2)20(19)27-3)9-24-10-15-4-5-16(11-24)22-21(15)25/h6-8,15-16H,4-5,9-12H2,1-3H3,(H,22,25)/t15-,16+/m1/s1. The third-order valence-corrected chi connectivity index (χ3v) is 5.50. The molecule has 3 aliphatic rings. The Kier molecular flexibility index (Phi) is 5.62. The number of piperidine rings is 1. The second kappa shape index (κ2) is 8.32. The SMILES string of the molecule is COc1cc(CN2C[C@@H]3CC[C@H](C2)C(=O)N3)cc(OCc2cc(C)no2)c1OC. The Morgan fingerprint density at radius 1 is 1.17 bits per heavy atom. The molecule has 0 aliphatic carbocycles. The van der Waals surface area contributed by atoms with E-state index in [-0.39, 0.29) is 24.5 Å². The number of hydrogen-bond acceptors (Lipinski definition) is 7. The zero-order valence-corrected chi connectivity index (χ0v) is 17.1. The maximum Gasteiger partial charge on any atom is 0.224 e. The quantitative estimate of drug-likeness (QED) is 0.762. The summed E-state index contributed by atoms with van der Waals surface area (Å²) >= 11 is 0. The number of rotatable bonds is 7. The number of hydrogen-bond donors (Lipinski definition) is 1. The van der Waals surface area contributed by atoms with Crippen molar-refractivity contribution in [3.63, 3.8) is 0 Å². The number of aromatic nitrogens is 1. The van der Waals surface area contributed by atoms with Crippen molar-refractivity contribution in [2.75, 3.05) is 27.3 Å². The van der Waals surface area contributed by atoms with Crippen LogP contribution in [0.25, 0.3) is 0 Å². The Hall–Kier alpha value is -2.74. The first-order chi connectivity index (χ1) is 14.1. The van der Waals surface area contributed by atoms with Gasteiger partial charge in [-0.1, -0.05) is 5.16 Å². The lowest BCUT2D eigenvalue weighted by Gasteiger charge is -2.23. The molecule has 3 fully saturated rings. The summed E-state index contributed by atoms with van der Waals surface area (Å²) in [4.78, 5) is 14.4. The minimum absolute atomic E-state index is 0.0688. The second-order valence-corrected chi connectivity index (χ2v) is 7.73. The van der Waals surface area contributed by atoms with E-state index in [9.17, 15) is 4.79 Å². The molecule has 0 saturated carbocycles. The van der Waals surface area contributed by atoms with Gasteiger partial charge in [-0.05, 0) is 37.5 Å². The highest BCUT2D eigenvalue weighted by molar-refractivity contribution is 5.80. The van der Waals surface area contributed by atoms with Gasteiger partial charge in [0.1, 0.15) is 6.61 Å². The molecule has 3 aliphatic heterocycles. The molecule has 29 heavy (non-hydrogen) atoms. The summed E-state index contributed by atoms with van der Waals surface area (Å²) in [6.07, 6.45) is 2.01. The molecular weight excluding hydrogens is 374 g/mol. The van der Waals surface area contributed by atoms with Gasteiger partial charge >= 0.3 is 0 Å². The molecule has 8 nitrogen and oxygen atoms in total. The van der Waals surface area contributed by atoms with Gasteiger partial charge in [-0.15, -0.1) is 0 Å². The number of carbonyl (C=O) groups excluding carboxylic acids is 1. The van der Waals surface area contributed by atoms with Gasteiger partial charge in [-0.3, -0.25) is 9.69 Å². The monoisotopic (exact) mass is 401 g/mol. The van der Waals surface area contributed by atoms with Gasteiger partial charge in [0.15, 0.2) is 17.3 Å². The zero-order valence-electron chi connectivity index (χ0n) is 17.1. The fourth-order valence-corrected chi connectivity index (χ4v) is 4.14. The van der Waals surface area contributed by atoms with E-state index in [1.807, 2.05) is 25.1 Å². The van der Waals surface area contributed by atoms with E-state index in [0.717, 1.165) is 37.2 Å². The fourth-order valence-electron chi connectivity index (χ4n) is 4.14. The summed E-state index contributed by atoms with van der Waals surface area (Å²) in [6, 6.07) is 6.00. The van der Waals surface area contributed by atoms with Crippen LogP contribution >= 0.6 is 0 Å². The van der Waals surface area contributed by atoms with Crippen molar-refractivity contribution in [1.29, 1.82) is 0 Å². The van der Waals surface area contributed by atoms with Crippen LogP contribution in [-0.4, -0.2) is 49.3 Å². The molecule has 0 spiro atoms. The zero-order chi connectivity index (χ0) is 20.4. The normalized spacial score (nSPS) is 21.6. The molecular formula is C21H27N3O5. The van der Waals surface area contributed by atoms with Gasteiger partial charge in [-0.2, -0.15) is 0 Å². The number of carbonyl (C=O) groups is 1. The van der Waals surface area contributed by atoms with Crippen molar-refractivity contribution >= 4 is 5.91 Å². The molecule has 1 aromatic carbocycles. The summed E-state index contributed by atoms with van der Waals surface area (Å²) in [5, 5.41) is 7.00. The van der Waals surface area contributed by atoms with Crippen LogP contribution < -0.4 is 19.5 Å². The second-order valence-electron chi connectivity index (χ2n) is 7.73. The molecule has 1 amide bonds. The Labute approximate surface area is 170 Å². The van der Waals surface area contributed by atoms with Crippen molar-refractivity contribution in [2.24, 2.45) is 5.92 Å². The molecule has 8 heteroatoms. The van der Waals surface area contributed by atoms with E-state index in [1.54, 1.807) is 14.2 Å². The third kappa shape index (κ3) is 4.32. The van der Waals surface area contributed by atoms with E-state index < -0.39 is 0 Å². The van der Waals surface area contributed by atoms with Crippen molar-refractivity contribution in [3.8, 4) is 17.2 Å². The van der Waals surface area contributed by atoms with Crippen LogP contribution in [0.4, 0.5) is 0 Å².